The summed E-state index contributed by atoms with van der Waals surface area (Å²) < 4.78 is 23.8. The first-order valence-corrected chi connectivity index (χ1v) is 6.70. The highest BCUT2D eigenvalue weighted by molar-refractivity contribution is 7.91. The van der Waals surface area contributed by atoms with Crippen LogP contribution in [0.2, 0.25) is 0 Å². The predicted octanol–water partition coefficient (Wildman–Crippen LogP) is 0.607. The fraction of sp³-hybridized carbons (Fsp3) is 0.500. The van der Waals surface area contributed by atoms with Crippen molar-refractivity contribution in [3.63, 3.8) is 0 Å². The van der Waals surface area contributed by atoms with Gasteiger partial charge in [-0.1, -0.05) is 0 Å². The number of aromatic nitrogens is 1. The van der Waals surface area contributed by atoms with E-state index < -0.39 is 9.84 Å². The molecule has 5 heteroatoms. The van der Waals surface area contributed by atoms with Gasteiger partial charge in [0.1, 0.15) is 0 Å². The lowest BCUT2D eigenvalue weighted by atomic mass is 10.3. The van der Waals surface area contributed by atoms with E-state index in [9.17, 15) is 8.42 Å². The third kappa shape index (κ3) is 2.54. The van der Waals surface area contributed by atoms with Crippen LogP contribution in [0.5, 0.6) is 0 Å². The summed E-state index contributed by atoms with van der Waals surface area (Å²) in [5.41, 5.74) is 0. The highest BCUT2D eigenvalue weighted by Crippen LogP contribution is 2.14. The molecule has 4 nitrogen and oxygen atoms in total. The number of rotatable bonds is 3. The van der Waals surface area contributed by atoms with Crippen LogP contribution in [0.1, 0.15) is 12.8 Å². The van der Waals surface area contributed by atoms with Crippen LogP contribution in [-0.2, 0) is 9.84 Å². The summed E-state index contributed by atoms with van der Waals surface area (Å²) in [4.78, 5) is 4.18. The van der Waals surface area contributed by atoms with Crippen molar-refractivity contribution in [3.8, 4) is 0 Å². The molecule has 2 heterocycles. The van der Waals surface area contributed by atoms with Crippen molar-refractivity contribution in [1.29, 1.82) is 0 Å². The maximum absolute atomic E-state index is 11.9. The third-order valence-corrected chi connectivity index (χ3v) is 4.42. The molecule has 0 spiro atoms. The van der Waals surface area contributed by atoms with Gasteiger partial charge in [-0.2, -0.15) is 0 Å². The second kappa shape index (κ2) is 4.28. The monoisotopic (exact) mass is 226 g/mol. The van der Waals surface area contributed by atoms with Gasteiger partial charge in [0.15, 0.2) is 9.84 Å². The molecule has 1 unspecified atom stereocenters. The molecule has 1 aromatic heterocycles. The fourth-order valence-corrected chi connectivity index (χ4v) is 3.35. The Labute approximate surface area is 89.6 Å². The van der Waals surface area contributed by atoms with Gasteiger partial charge in [0.05, 0.1) is 10.6 Å². The summed E-state index contributed by atoms with van der Waals surface area (Å²) in [6.45, 7) is 0.927. The SMILES string of the molecule is O=S(=O)(CC1CCCN1)c1ccncc1. The number of sulfone groups is 1. The van der Waals surface area contributed by atoms with Gasteiger partial charge in [0.2, 0.25) is 0 Å². The molecule has 1 aromatic rings. The maximum Gasteiger partial charge on any atom is 0.180 e. The van der Waals surface area contributed by atoms with Crippen LogP contribution in [-0.4, -0.2) is 31.7 Å². The second-order valence-electron chi connectivity index (χ2n) is 3.76. The summed E-state index contributed by atoms with van der Waals surface area (Å²) in [6.07, 6.45) is 5.03. The van der Waals surface area contributed by atoms with E-state index in [-0.39, 0.29) is 11.8 Å². The highest BCUT2D eigenvalue weighted by Gasteiger charge is 2.23. The van der Waals surface area contributed by atoms with Crippen molar-refractivity contribution in [2.45, 2.75) is 23.8 Å². The molecule has 1 N–H and O–H groups in total. The largest absolute Gasteiger partial charge is 0.313 e. The Hall–Kier alpha value is -0.940. The lowest BCUT2D eigenvalue weighted by Crippen LogP contribution is -2.29. The number of nitrogens with one attached hydrogen (secondary N) is 1. The van der Waals surface area contributed by atoms with Gasteiger partial charge in [0, 0.05) is 18.4 Å². The zero-order valence-electron chi connectivity index (χ0n) is 8.39. The molecule has 0 radical (unpaired) electrons. The quantitative estimate of drug-likeness (QED) is 0.820. The highest BCUT2D eigenvalue weighted by atomic mass is 32.2. The molecule has 82 valence electrons. The van der Waals surface area contributed by atoms with Crippen LogP contribution >= 0.6 is 0 Å². The normalized spacial score (nSPS) is 21.7. The molecule has 0 amide bonds. The lowest BCUT2D eigenvalue weighted by molar-refractivity contribution is 0.577. The van der Waals surface area contributed by atoms with Crippen molar-refractivity contribution < 1.29 is 8.42 Å². The van der Waals surface area contributed by atoms with E-state index in [4.69, 9.17) is 0 Å². The van der Waals surface area contributed by atoms with Crippen molar-refractivity contribution in [3.05, 3.63) is 24.5 Å². The zero-order chi connectivity index (χ0) is 10.7. The first-order chi connectivity index (χ1) is 7.18. The predicted molar refractivity (Wildman–Crippen MR) is 57.3 cm³/mol. The number of hydrogen-bond acceptors (Lipinski definition) is 4. The molecule has 1 aliphatic rings. The minimum absolute atomic E-state index is 0.114. The van der Waals surface area contributed by atoms with Crippen LogP contribution in [0.15, 0.2) is 29.4 Å². The Morgan fingerprint density at radius 3 is 2.73 bits per heavy atom. The molecule has 1 aliphatic heterocycles. The van der Waals surface area contributed by atoms with Gasteiger partial charge >= 0.3 is 0 Å². The van der Waals surface area contributed by atoms with Gasteiger partial charge in [-0.15, -0.1) is 0 Å². The standard InChI is InChI=1S/C10H14N2O2S/c13-15(14,8-9-2-1-5-12-9)10-3-6-11-7-4-10/h3-4,6-7,9,12H,1-2,5,8H2. The summed E-state index contributed by atoms with van der Waals surface area (Å²) in [6, 6.07) is 3.21. The van der Waals surface area contributed by atoms with Gasteiger partial charge < -0.3 is 5.32 Å². The van der Waals surface area contributed by atoms with E-state index in [0.717, 1.165) is 19.4 Å². The molecule has 0 aliphatic carbocycles. The Kier molecular flexibility index (Phi) is 3.02. The van der Waals surface area contributed by atoms with Crippen LogP contribution in [0, 0.1) is 0 Å². The summed E-state index contributed by atoms with van der Waals surface area (Å²) >= 11 is 0. The molecule has 2 rings (SSSR count). The lowest BCUT2D eigenvalue weighted by Gasteiger charge is -2.10. The van der Waals surface area contributed by atoms with Crippen molar-refractivity contribution in [2.75, 3.05) is 12.3 Å². The molecule has 1 atom stereocenters. The van der Waals surface area contributed by atoms with Crippen LogP contribution in [0.4, 0.5) is 0 Å². The molecular formula is C10H14N2O2S. The minimum Gasteiger partial charge on any atom is -0.313 e. The van der Waals surface area contributed by atoms with E-state index in [0.29, 0.717) is 4.90 Å². The molecule has 0 saturated carbocycles. The van der Waals surface area contributed by atoms with E-state index >= 15 is 0 Å². The first kappa shape index (κ1) is 10.6. The van der Waals surface area contributed by atoms with Gasteiger partial charge in [-0.3, -0.25) is 4.98 Å². The molecular weight excluding hydrogens is 212 g/mol. The number of pyridine rings is 1. The van der Waals surface area contributed by atoms with Crippen molar-refractivity contribution in [1.82, 2.24) is 10.3 Å². The second-order valence-corrected chi connectivity index (χ2v) is 5.79. The molecule has 15 heavy (non-hydrogen) atoms. The van der Waals surface area contributed by atoms with Gasteiger partial charge in [0.25, 0.3) is 0 Å². The summed E-state index contributed by atoms with van der Waals surface area (Å²) in [5, 5.41) is 3.19. The molecule has 1 saturated heterocycles. The fourth-order valence-electron chi connectivity index (χ4n) is 1.81. The number of hydrogen-bond donors (Lipinski definition) is 1. The van der Waals surface area contributed by atoms with Gasteiger partial charge in [-0.05, 0) is 31.5 Å². The smallest absolute Gasteiger partial charge is 0.180 e. The van der Waals surface area contributed by atoms with E-state index in [1.54, 1.807) is 12.1 Å². The van der Waals surface area contributed by atoms with Crippen LogP contribution in [0.3, 0.4) is 0 Å². The Balaban J connectivity index is 2.13. The molecule has 1 fully saturated rings. The van der Waals surface area contributed by atoms with Crippen LogP contribution < -0.4 is 5.32 Å². The first-order valence-electron chi connectivity index (χ1n) is 5.05. The Morgan fingerprint density at radius 1 is 1.40 bits per heavy atom. The minimum atomic E-state index is -3.15. The summed E-state index contributed by atoms with van der Waals surface area (Å²) in [7, 11) is -3.15. The molecule has 0 bridgehead atoms. The van der Waals surface area contributed by atoms with E-state index in [2.05, 4.69) is 10.3 Å². The van der Waals surface area contributed by atoms with E-state index in [1.807, 2.05) is 0 Å². The summed E-state index contributed by atoms with van der Waals surface area (Å²) in [5.74, 6) is 0.191. The zero-order valence-corrected chi connectivity index (χ0v) is 9.20. The van der Waals surface area contributed by atoms with Crippen LogP contribution in [0.25, 0.3) is 0 Å². The topological polar surface area (TPSA) is 59.1 Å². The molecule has 0 aromatic carbocycles. The Morgan fingerprint density at radius 2 is 2.13 bits per heavy atom. The average Bonchev–Trinajstić information content (AvgIpc) is 2.71. The van der Waals surface area contributed by atoms with Gasteiger partial charge in [-0.25, -0.2) is 8.42 Å². The van der Waals surface area contributed by atoms with Crippen molar-refractivity contribution in [2.24, 2.45) is 0 Å². The maximum atomic E-state index is 11.9. The average molecular weight is 226 g/mol. The Bertz CT molecular complexity index is 410. The third-order valence-electron chi connectivity index (χ3n) is 2.59. The number of nitrogens with zero attached hydrogens (tertiary/aromatic N) is 1. The van der Waals surface area contributed by atoms with E-state index in [1.165, 1.54) is 12.4 Å². The van der Waals surface area contributed by atoms with Crippen molar-refractivity contribution >= 4 is 9.84 Å².